The van der Waals surface area contributed by atoms with E-state index in [2.05, 4.69) is 0 Å². The molecule has 1 aromatic carbocycles. The lowest BCUT2D eigenvalue weighted by atomic mass is 10.0. The van der Waals surface area contributed by atoms with Crippen LogP contribution >= 0.6 is 12.4 Å². The van der Waals surface area contributed by atoms with Gasteiger partial charge in [0, 0.05) is 0 Å². The van der Waals surface area contributed by atoms with Gasteiger partial charge in [0.05, 0.1) is 32.4 Å². The van der Waals surface area contributed by atoms with Crippen molar-refractivity contribution >= 4 is 12.4 Å². The fourth-order valence-corrected chi connectivity index (χ4v) is 1.53. The third kappa shape index (κ3) is 3.01. The second-order valence-corrected chi connectivity index (χ2v) is 3.37. The van der Waals surface area contributed by atoms with Gasteiger partial charge in [0.25, 0.3) is 0 Å². The minimum atomic E-state index is -0.490. The Bertz CT molecular complexity index is 319. The molecule has 0 heterocycles. The lowest BCUT2D eigenvalue weighted by Crippen LogP contribution is -2.16. The van der Waals surface area contributed by atoms with Gasteiger partial charge in [-0.25, -0.2) is 0 Å². The third-order valence-electron chi connectivity index (χ3n) is 2.26. The lowest BCUT2D eigenvalue weighted by molar-refractivity contribution is 0.260. The van der Waals surface area contributed by atoms with Gasteiger partial charge in [-0.1, -0.05) is 0 Å². The molecule has 16 heavy (non-hydrogen) atoms. The number of ether oxygens (including phenoxy) is 2. The average molecular weight is 248 g/mol. The van der Waals surface area contributed by atoms with Crippen LogP contribution in [-0.4, -0.2) is 25.9 Å². The molecule has 4 nitrogen and oxygen atoms in total. The molecule has 5 heteroatoms. The number of rotatable bonds is 4. The molecule has 0 aromatic heterocycles. The third-order valence-corrected chi connectivity index (χ3v) is 2.26. The summed E-state index contributed by atoms with van der Waals surface area (Å²) in [5, 5.41) is 9.06. The first-order valence-corrected chi connectivity index (χ1v) is 4.73. The number of aliphatic hydroxyl groups is 1. The molecular formula is C11H18ClNO3. The Morgan fingerprint density at radius 2 is 1.69 bits per heavy atom. The molecule has 0 saturated carbocycles. The van der Waals surface area contributed by atoms with E-state index < -0.39 is 6.04 Å². The predicted molar refractivity (Wildman–Crippen MR) is 65.5 cm³/mol. The van der Waals surface area contributed by atoms with Crippen molar-refractivity contribution in [2.75, 3.05) is 20.8 Å². The van der Waals surface area contributed by atoms with Crippen molar-refractivity contribution in [3.8, 4) is 11.5 Å². The lowest BCUT2D eigenvalue weighted by Gasteiger charge is -2.18. The van der Waals surface area contributed by atoms with Crippen LogP contribution in [0, 0.1) is 6.92 Å². The highest BCUT2D eigenvalue weighted by atomic mass is 35.5. The van der Waals surface area contributed by atoms with E-state index in [4.69, 9.17) is 20.3 Å². The molecule has 0 bridgehead atoms. The van der Waals surface area contributed by atoms with Gasteiger partial charge in [0.15, 0.2) is 0 Å². The molecule has 1 aromatic rings. The molecule has 1 atom stereocenters. The first-order valence-electron chi connectivity index (χ1n) is 4.73. The summed E-state index contributed by atoms with van der Waals surface area (Å²) in [6.07, 6.45) is 0. The van der Waals surface area contributed by atoms with Gasteiger partial charge >= 0.3 is 0 Å². The number of benzene rings is 1. The van der Waals surface area contributed by atoms with Crippen molar-refractivity contribution in [3.63, 3.8) is 0 Å². The van der Waals surface area contributed by atoms with Crippen LogP contribution in [0.3, 0.4) is 0 Å². The highest BCUT2D eigenvalue weighted by Crippen LogP contribution is 2.34. The molecule has 0 radical (unpaired) electrons. The second kappa shape index (κ2) is 6.58. The Labute approximate surface area is 102 Å². The minimum Gasteiger partial charge on any atom is -0.496 e. The molecule has 0 aliphatic heterocycles. The summed E-state index contributed by atoms with van der Waals surface area (Å²) in [5.41, 5.74) is 7.51. The Kier molecular flexibility index (Phi) is 6.18. The summed E-state index contributed by atoms with van der Waals surface area (Å²) in [4.78, 5) is 0. The van der Waals surface area contributed by atoms with Gasteiger partial charge in [-0.15, -0.1) is 12.4 Å². The minimum absolute atomic E-state index is 0. The summed E-state index contributed by atoms with van der Waals surface area (Å²) >= 11 is 0. The number of aryl methyl sites for hydroxylation is 1. The maximum Gasteiger partial charge on any atom is 0.127 e. The smallest absolute Gasteiger partial charge is 0.127 e. The average Bonchev–Trinajstić information content (AvgIpc) is 2.26. The molecule has 0 saturated heterocycles. The maximum absolute atomic E-state index is 9.06. The summed E-state index contributed by atoms with van der Waals surface area (Å²) < 4.78 is 10.4. The van der Waals surface area contributed by atoms with E-state index in [0.717, 1.165) is 5.56 Å². The first-order chi connectivity index (χ1) is 7.13. The molecular weight excluding hydrogens is 230 g/mol. The number of halogens is 1. The number of hydrogen-bond donors (Lipinski definition) is 2. The van der Waals surface area contributed by atoms with E-state index in [1.807, 2.05) is 19.1 Å². The zero-order chi connectivity index (χ0) is 11.4. The first kappa shape index (κ1) is 15.0. The summed E-state index contributed by atoms with van der Waals surface area (Å²) in [6, 6.07) is 3.25. The van der Waals surface area contributed by atoms with Crippen molar-refractivity contribution in [2.24, 2.45) is 5.73 Å². The summed E-state index contributed by atoms with van der Waals surface area (Å²) in [6.45, 7) is 1.80. The van der Waals surface area contributed by atoms with E-state index in [-0.39, 0.29) is 19.0 Å². The Balaban J connectivity index is 0.00000225. The quantitative estimate of drug-likeness (QED) is 0.845. The molecule has 0 spiro atoms. The van der Waals surface area contributed by atoms with Crippen LogP contribution in [0.4, 0.5) is 0 Å². The van der Waals surface area contributed by atoms with Gasteiger partial charge in [-0.3, -0.25) is 0 Å². The zero-order valence-electron chi connectivity index (χ0n) is 9.69. The highest BCUT2D eigenvalue weighted by molar-refractivity contribution is 5.85. The van der Waals surface area contributed by atoms with Crippen molar-refractivity contribution in [2.45, 2.75) is 13.0 Å². The Morgan fingerprint density at radius 1 is 1.25 bits per heavy atom. The molecule has 3 N–H and O–H groups in total. The van der Waals surface area contributed by atoms with Crippen molar-refractivity contribution in [1.29, 1.82) is 0 Å². The SMILES string of the molecule is COc1cc(C)cc(OC)c1[C@H](N)CO.Cl. The summed E-state index contributed by atoms with van der Waals surface area (Å²) in [5.74, 6) is 1.29. The van der Waals surface area contributed by atoms with Crippen molar-refractivity contribution in [1.82, 2.24) is 0 Å². The number of hydrogen-bond acceptors (Lipinski definition) is 4. The van der Waals surface area contributed by atoms with Crippen LogP contribution in [0.2, 0.25) is 0 Å². The van der Waals surface area contributed by atoms with Crippen LogP contribution in [0.1, 0.15) is 17.2 Å². The Hall–Kier alpha value is -0.970. The van der Waals surface area contributed by atoms with Crippen molar-refractivity contribution < 1.29 is 14.6 Å². The van der Waals surface area contributed by atoms with E-state index in [1.54, 1.807) is 14.2 Å². The number of methoxy groups -OCH3 is 2. The fourth-order valence-electron chi connectivity index (χ4n) is 1.53. The van der Waals surface area contributed by atoms with Crippen molar-refractivity contribution in [3.05, 3.63) is 23.3 Å². The van der Waals surface area contributed by atoms with Crippen LogP contribution in [0.25, 0.3) is 0 Å². The molecule has 92 valence electrons. The van der Waals surface area contributed by atoms with E-state index in [9.17, 15) is 0 Å². The highest BCUT2D eigenvalue weighted by Gasteiger charge is 2.17. The molecule has 0 aliphatic carbocycles. The molecule has 0 aliphatic rings. The molecule has 0 unspecified atom stereocenters. The summed E-state index contributed by atoms with van der Waals surface area (Å²) in [7, 11) is 3.14. The molecule has 1 rings (SSSR count). The van der Waals surface area contributed by atoms with E-state index >= 15 is 0 Å². The van der Waals surface area contributed by atoms with Crippen LogP contribution in [0.5, 0.6) is 11.5 Å². The predicted octanol–water partition coefficient (Wildman–Crippen LogP) is 1.43. The fraction of sp³-hybridized carbons (Fsp3) is 0.455. The molecule has 0 fully saturated rings. The number of nitrogens with two attached hydrogens (primary N) is 1. The second-order valence-electron chi connectivity index (χ2n) is 3.37. The van der Waals surface area contributed by atoms with Gasteiger partial charge in [-0.2, -0.15) is 0 Å². The van der Waals surface area contributed by atoms with Crippen LogP contribution in [0.15, 0.2) is 12.1 Å². The van der Waals surface area contributed by atoms with Crippen LogP contribution in [-0.2, 0) is 0 Å². The van der Waals surface area contributed by atoms with Gasteiger partial charge in [-0.05, 0) is 24.6 Å². The van der Waals surface area contributed by atoms with Gasteiger partial charge in [0.1, 0.15) is 11.5 Å². The van der Waals surface area contributed by atoms with Gasteiger partial charge in [0.2, 0.25) is 0 Å². The molecule has 0 amide bonds. The topological polar surface area (TPSA) is 64.7 Å². The monoisotopic (exact) mass is 247 g/mol. The largest absolute Gasteiger partial charge is 0.496 e. The normalized spacial score (nSPS) is 11.6. The zero-order valence-corrected chi connectivity index (χ0v) is 10.5. The maximum atomic E-state index is 9.06. The van der Waals surface area contributed by atoms with E-state index in [0.29, 0.717) is 17.1 Å². The van der Waals surface area contributed by atoms with E-state index in [1.165, 1.54) is 0 Å². The van der Waals surface area contributed by atoms with Crippen LogP contribution < -0.4 is 15.2 Å². The van der Waals surface area contributed by atoms with Gasteiger partial charge < -0.3 is 20.3 Å². The Morgan fingerprint density at radius 3 is 2.00 bits per heavy atom. The standard InChI is InChI=1S/C11H17NO3.ClH/c1-7-4-9(14-2)11(8(12)6-13)10(5-7)15-3;/h4-5,8,13H,6,12H2,1-3H3;1H/t8-;/m1./s1. The number of aliphatic hydroxyl groups excluding tert-OH is 1.